The molecule has 4 heterocycles. The predicted octanol–water partition coefficient (Wildman–Crippen LogP) is 4.79. The summed E-state index contributed by atoms with van der Waals surface area (Å²) >= 11 is 0. The molecule has 0 spiro atoms. The van der Waals surface area contributed by atoms with Crippen molar-refractivity contribution in [3.05, 3.63) is 71.6 Å². The predicted molar refractivity (Wildman–Crippen MR) is 117 cm³/mol. The number of nitrogens with one attached hydrogen (secondary N) is 2. The van der Waals surface area contributed by atoms with Crippen LogP contribution in [0.3, 0.4) is 0 Å². The van der Waals surface area contributed by atoms with Gasteiger partial charge in [0.1, 0.15) is 11.4 Å². The van der Waals surface area contributed by atoms with Crippen LogP contribution in [-0.4, -0.2) is 35.6 Å². The Balaban J connectivity index is 1.43. The molecule has 34 heavy (non-hydrogen) atoms. The van der Waals surface area contributed by atoms with E-state index in [0.717, 1.165) is 52.4 Å². The molecular weight excluding hydrogens is 450 g/mol. The molecule has 6 rings (SSSR count). The first kappa shape index (κ1) is 20.6. The molecule has 1 aliphatic carbocycles. The minimum atomic E-state index is -4.66. The van der Waals surface area contributed by atoms with E-state index in [0.29, 0.717) is 6.42 Å². The Bertz CT molecular complexity index is 1540. The number of rotatable bonds is 3. The smallest absolute Gasteiger partial charge is 0.358 e. The summed E-state index contributed by atoms with van der Waals surface area (Å²) in [5.74, 6) is -0.608. The van der Waals surface area contributed by atoms with Gasteiger partial charge in [0.25, 0.3) is 0 Å². The second kappa shape index (κ2) is 7.51. The first-order valence-electron chi connectivity index (χ1n) is 10.7. The van der Waals surface area contributed by atoms with Gasteiger partial charge in [-0.15, -0.1) is 0 Å². The minimum Gasteiger partial charge on any atom is -0.358 e. The fourth-order valence-corrected chi connectivity index (χ4v) is 4.51. The number of alkyl halides is 3. The maximum atomic E-state index is 13.8. The van der Waals surface area contributed by atoms with Crippen LogP contribution in [-0.2, 0) is 19.0 Å². The number of H-pyrrole nitrogens is 1. The fraction of sp³-hybridized carbons (Fsp3) is 0.217. The van der Waals surface area contributed by atoms with Crippen LogP contribution in [0.25, 0.3) is 27.9 Å². The first-order chi connectivity index (χ1) is 16.4. The Hall–Kier alpha value is -4.02. The highest BCUT2D eigenvalue weighted by atomic mass is 19.4. The van der Waals surface area contributed by atoms with Crippen LogP contribution in [0.1, 0.15) is 23.2 Å². The van der Waals surface area contributed by atoms with Gasteiger partial charge in [-0.1, -0.05) is 18.2 Å². The van der Waals surface area contributed by atoms with Crippen molar-refractivity contribution in [1.29, 1.82) is 0 Å². The van der Waals surface area contributed by atoms with E-state index in [-0.39, 0.29) is 23.4 Å². The number of halogens is 4. The van der Waals surface area contributed by atoms with E-state index >= 15 is 0 Å². The third kappa shape index (κ3) is 3.44. The minimum absolute atomic E-state index is 0.0726. The molecular formula is C23H17F4N7. The molecule has 1 atom stereocenters. The molecule has 1 unspecified atom stereocenters. The maximum absolute atomic E-state index is 13.8. The summed E-state index contributed by atoms with van der Waals surface area (Å²) in [6.45, 7) is 0. The summed E-state index contributed by atoms with van der Waals surface area (Å²) in [5.41, 5.74) is 2.16. The molecule has 11 heteroatoms. The molecule has 172 valence electrons. The normalized spacial score (nSPS) is 16.2. The highest BCUT2D eigenvalue weighted by Crippen LogP contribution is 2.34. The van der Waals surface area contributed by atoms with Gasteiger partial charge in [-0.2, -0.15) is 27.8 Å². The van der Waals surface area contributed by atoms with E-state index in [1.54, 1.807) is 0 Å². The average Bonchev–Trinajstić information content (AvgIpc) is 3.41. The molecule has 0 radical (unpaired) electrons. The van der Waals surface area contributed by atoms with Gasteiger partial charge in [0, 0.05) is 34.4 Å². The van der Waals surface area contributed by atoms with Crippen molar-refractivity contribution >= 4 is 22.5 Å². The van der Waals surface area contributed by atoms with Crippen molar-refractivity contribution < 1.29 is 17.6 Å². The van der Waals surface area contributed by atoms with Gasteiger partial charge in [-0.25, -0.2) is 9.37 Å². The van der Waals surface area contributed by atoms with Crippen LogP contribution in [0.5, 0.6) is 0 Å². The van der Waals surface area contributed by atoms with Crippen molar-refractivity contribution in [2.24, 2.45) is 0 Å². The van der Waals surface area contributed by atoms with E-state index in [9.17, 15) is 17.6 Å². The van der Waals surface area contributed by atoms with Gasteiger partial charge < -0.3 is 10.3 Å². The van der Waals surface area contributed by atoms with E-state index in [1.807, 2.05) is 24.3 Å². The lowest BCUT2D eigenvalue weighted by Crippen LogP contribution is -2.29. The summed E-state index contributed by atoms with van der Waals surface area (Å²) in [6.07, 6.45) is 0.563. The lowest BCUT2D eigenvalue weighted by atomic mass is 9.91. The number of hydrogen-bond donors (Lipinski definition) is 2. The summed E-state index contributed by atoms with van der Waals surface area (Å²) in [6, 6.07) is 9.05. The Labute approximate surface area is 189 Å². The first-order valence-corrected chi connectivity index (χ1v) is 10.7. The summed E-state index contributed by atoms with van der Waals surface area (Å²) in [7, 11) is 0. The van der Waals surface area contributed by atoms with Crippen LogP contribution in [0.4, 0.5) is 23.5 Å². The maximum Gasteiger partial charge on any atom is 0.421 e. The number of fused-ring (bicyclic) bond motifs is 4. The number of para-hydroxylation sites is 1. The summed E-state index contributed by atoms with van der Waals surface area (Å²) < 4.78 is 55.6. The third-order valence-electron chi connectivity index (χ3n) is 6.07. The van der Waals surface area contributed by atoms with E-state index in [1.165, 1.54) is 11.8 Å². The molecule has 1 aromatic carbocycles. The third-order valence-corrected chi connectivity index (χ3v) is 6.07. The van der Waals surface area contributed by atoms with Crippen molar-refractivity contribution in [1.82, 2.24) is 29.5 Å². The summed E-state index contributed by atoms with van der Waals surface area (Å²) in [4.78, 5) is 15.7. The Morgan fingerprint density at radius 1 is 1.09 bits per heavy atom. The van der Waals surface area contributed by atoms with Gasteiger partial charge >= 0.3 is 6.18 Å². The molecule has 0 saturated heterocycles. The van der Waals surface area contributed by atoms with Gasteiger partial charge in [-0.05, 0) is 37.0 Å². The largest absolute Gasteiger partial charge is 0.421 e. The second-order valence-electron chi connectivity index (χ2n) is 8.27. The van der Waals surface area contributed by atoms with Crippen molar-refractivity contribution in [3.8, 4) is 11.4 Å². The number of aryl methyl sites for hydroxylation is 1. The zero-order valence-electron chi connectivity index (χ0n) is 17.6. The van der Waals surface area contributed by atoms with Crippen LogP contribution in [0, 0.1) is 5.82 Å². The molecule has 2 N–H and O–H groups in total. The number of nitrogens with zero attached hydrogens (tertiary/aromatic N) is 5. The Kier molecular flexibility index (Phi) is 4.54. The zero-order valence-corrected chi connectivity index (χ0v) is 17.6. The summed E-state index contributed by atoms with van der Waals surface area (Å²) in [5, 5.41) is 8.29. The Morgan fingerprint density at radius 3 is 2.76 bits per heavy atom. The van der Waals surface area contributed by atoms with Gasteiger partial charge in [0.2, 0.25) is 5.95 Å². The van der Waals surface area contributed by atoms with Crippen molar-refractivity contribution in [2.45, 2.75) is 31.5 Å². The van der Waals surface area contributed by atoms with Crippen molar-refractivity contribution in [3.63, 3.8) is 0 Å². The highest BCUT2D eigenvalue weighted by molar-refractivity contribution is 5.85. The molecule has 1 aliphatic rings. The number of benzene rings is 1. The van der Waals surface area contributed by atoms with Gasteiger partial charge in [0.15, 0.2) is 11.5 Å². The lowest BCUT2D eigenvalue weighted by Gasteiger charge is -2.24. The standard InChI is InChI=1S/C23H17F4N7/c24-13-7-12(9-28-10-13)20-32-21-17(23(25,26)27)11-29-34(21)22(33-20)30-14-5-6-19-16(8-14)15-3-1-2-4-18(15)31-19/h1-4,7,9-11,14,31H,5-6,8H2,(H,30,32,33). The van der Waals surface area contributed by atoms with Crippen LogP contribution in [0.2, 0.25) is 0 Å². The van der Waals surface area contributed by atoms with Crippen molar-refractivity contribution in [2.75, 3.05) is 5.32 Å². The molecule has 0 amide bonds. The fourth-order valence-electron chi connectivity index (χ4n) is 4.51. The quantitative estimate of drug-likeness (QED) is 0.373. The van der Waals surface area contributed by atoms with Gasteiger partial charge in [0.05, 0.1) is 12.4 Å². The highest BCUT2D eigenvalue weighted by Gasteiger charge is 2.36. The van der Waals surface area contributed by atoms with Crippen LogP contribution in [0.15, 0.2) is 48.9 Å². The zero-order chi connectivity index (χ0) is 23.4. The topological polar surface area (TPSA) is 83.8 Å². The molecule has 0 aliphatic heterocycles. The SMILES string of the molecule is Fc1cncc(-c2nc(NC3CCc4[nH]c5ccccc5c4C3)n3ncc(C(F)(F)F)c3n2)c1. The number of hydrogen-bond acceptors (Lipinski definition) is 5. The molecule has 0 fully saturated rings. The lowest BCUT2D eigenvalue weighted by molar-refractivity contribution is -0.136. The molecule has 0 saturated carbocycles. The van der Waals surface area contributed by atoms with Gasteiger partial charge in [-0.3, -0.25) is 4.98 Å². The van der Waals surface area contributed by atoms with Crippen LogP contribution < -0.4 is 5.32 Å². The number of aromatic amines is 1. The average molecular weight is 467 g/mol. The van der Waals surface area contributed by atoms with E-state index in [2.05, 4.69) is 30.4 Å². The molecule has 0 bridgehead atoms. The number of anilines is 1. The van der Waals surface area contributed by atoms with E-state index in [4.69, 9.17) is 0 Å². The second-order valence-corrected chi connectivity index (χ2v) is 8.27. The Morgan fingerprint density at radius 2 is 1.94 bits per heavy atom. The molecule has 4 aromatic heterocycles. The monoisotopic (exact) mass is 467 g/mol. The molecule has 5 aromatic rings. The van der Waals surface area contributed by atoms with Crippen LogP contribution >= 0.6 is 0 Å². The molecule has 7 nitrogen and oxygen atoms in total. The number of pyridine rings is 1. The van der Waals surface area contributed by atoms with E-state index < -0.39 is 23.2 Å². The number of aromatic nitrogens is 6.